The molecule has 0 spiro atoms. The van der Waals surface area contributed by atoms with Crippen LogP contribution in [-0.2, 0) is 14.3 Å². The van der Waals surface area contributed by atoms with E-state index in [-0.39, 0.29) is 24.9 Å². The van der Waals surface area contributed by atoms with Crippen molar-refractivity contribution in [1.82, 2.24) is 5.32 Å². The van der Waals surface area contributed by atoms with Crippen LogP contribution in [0.15, 0.2) is 60.8 Å². The topological polar surface area (TPSA) is 95.9 Å². The predicted octanol–water partition coefficient (Wildman–Crippen LogP) is 16.0. The van der Waals surface area contributed by atoms with E-state index in [9.17, 15) is 19.8 Å². The van der Waals surface area contributed by atoms with Gasteiger partial charge in [0.15, 0.2) is 0 Å². The third kappa shape index (κ3) is 44.2. The van der Waals surface area contributed by atoms with Crippen molar-refractivity contribution in [2.24, 2.45) is 0 Å². The van der Waals surface area contributed by atoms with Crippen LogP contribution in [0.4, 0.5) is 0 Å². The van der Waals surface area contributed by atoms with Gasteiger partial charge in [0.2, 0.25) is 5.91 Å². The number of ether oxygens (including phenoxy) is 1. The molecule has 0 aromatic heterocycles. The van der Waals surface area contributed by atoms with E-state index in [1.807, 2.05) is 0 Å². The summed E-state index contributed by atoms with van der Waals surface area (Å²) in [6.45, 7) is 6.36. The van der Waals surface area contributed by atoms with Gasteiger partial charge in [0, 0.05) is 6.42 Å². The van der Waals surface area contributed by atoms with Gasteiger partial charge in [-0.25, -0.2) is 0 Å². The number of aliphatic hydroxyl groups excluding tert-OH is 2. The van der Waals surface area contributed by atoms with Crippen LogP contribution in [0.25, 0.3) is 0 Å². The molecule has 0 rings (SSSR count). The number of esters is 1. The van der Waals surface area contributed by atoms with E-state index < -0.39 is 18.2 Å². The number of carbonyl (C=O) groups is 2. The predicted molar refractivity (Wildman–Crippen MR) is 268 cm³/mol. The molecule has 0 saturated carbocycles. The van der Waals surface area contributed by atoms with Gasteiger partial charge >= 0.3 is 5.97 Å². The molecule has 6 heteroatoms. The lowest BCUT2D eigenvalue weighted by Crippen LogP contribution is -2.46. The molecule has 0 aromatic rings. The Morgan fingerprint density at radius 3 is 1.26 bits per heavy atom. The zero-order valence-corrected chi connectivity index (χ0v) is 41.0. The smallest absolute Gasteiger partial charge is 0.306 e. The molecule has 360 valence electrons. The first kappa shape index (κ1) is 59.6. The lowest BCUT2D eigenvalue weighted by molar-refractivity contribution is -0.151. The molecule has 0 aliphatic heterocycles. The minimum Gasteiger partial charge on any atom is -0.462 e. The van der Waals surface area contributed by atoms with Gasteiger partial charge in [0.1, 0.15) is 6.10 Å². The van der Waals surface area contributed by atoms with Gasteiger partial charge in [-0.2, -0.15) is 0 Å². The zero-order chi connectivity index (χ0) is 45.2. The van der Waals surface area contributed by atoms with Crippen molar-refractivity contribution in [3.8, 4) is 0 Å². The van der Waals surface area contributed by atoms with Crippen LogP contribution in [0.1, 0.15) is 258 Å². The third-order valence-corrected chi connectivity index (χ3v) is 11.9. The fourth-order valence-electron chi connectivity index (χ4n) is 7.88. The SMILES string of the molecule is CC/C=C\C/C=C\C/C=C\C/C=C\C/C=C\CCCC(=O)OC(CCCCCCCCCCCCCCCCC)CC(=O)NC(CO)C(O)CCCCCCCCCCCCC. The van der Waals surface area contributed by atoms with Gasteiger partial charge in [0.05, 0.1) is 25.2 Å². The molecular formula is C56H101NO5. The highest BCUT2D eigenvalue weighted by atomic mass is 16.5. The summed E-state index contributed by atoms with van der Waals surface area (Å²) in [6.07, 6.45) is 61.4. The Labute approximate surface area is 384 Å². The van der Waals surface area contributed by atoms with E-state index in [1.165, 1.54) is 128 Å². The second-order valence-electron chi connectivity index (χ2n) is 17.9. The molecule has 6 nitrogen and oxygen atoms in total. The molecule has 0 fully saturated rings. The molecule has 62 heavy (non-hydrogen) atoms. The number of carbonyl (C=O) groups excluding carboxylic acids is 2. The zero-order valence-electron chi connectivity index (χ0n) is 41.0. The Hall–Kier alpha value is -2.44. The number of allylic oxidation sites excluding steroid dienone is 10. The molecule has 0 saturated heterocycles. The number of aliphatic hydroxyl groups is 2. The van der Waals surface area contributed by atoms with Gasteiger partial charge in [-0.15, -0.1) is 0 Å². The van der Waals surface area contributed by atoms with Crippen molar-refractivity contribution < 1.29 is 24.5 Å². The molecule has 3 N–H and O–H groups in total. The fraction of sp³-hybridized carbons (Fsp3) is 0.786. The Kier molecular flexibility index (Phi) is 47.6. The van der Waals surface area contributed by atoms with Crippen molar-refractivity contribution in [2.45, 2.75) is 277 Å². The van der Waals surface area contributed by atoms with Gasteiger partial charge in [-0.1, -0.05) is 242 Å². The summed E-state index contributed by atoms with van der Waals surface area (Å²) in [6, 6.07) is -0.712. The summed E-state index contributed by atoms with van der Waals surface area (Å²) in [5.74, 6) is -0.536. The van der Waals surface area contributed by atoms with Gasteiger partial charge in [0.25, 0.3) is 0 Å². The maximum atomic E-state index is 13.2. The minimum atomic E-state index is -0.796. The van der Waals surface area contributed by atoms with Crippen molar-refractivity contribution in [2.75, 3.05) is 6.61 Å². The van der Waals surface area contributed by atoms with Crippen molar-refractivity contribution in [3.63, 3.8) is 0 Å². The summed E-state index contributed by atoms with van der Waals surface area (Å²) < 4.78 is 5.92. The van der Waals surface area contributed by atoms with Gasteiger partial charge in [-0.05, 0) is 64.2 Å². The van der Waals surface area contributed by atoms with Crippen LogP contribution in [0.2, 0.25) is 0 Å². The van der Waals surface area contributed by atoms with Crippen LogP contribution < -0.4 is 5.32 Å². The Bertz CT molecular complexity index is 1110. The first-order valence-corrected chi connectivity index (χ1v) is 26.5. The summed E-state index contributed by atoms with van der Waals surface area (Å²) in [5, 5.41) is 23.7. The monoisotopic (exact) mass is 868 g/mol. The van der Waals surface area contributed by atoms with Crippen LogP contribution in [0.5, 0.6) is 0 Å². The molecule has 0 heterocycles. The molecule has 0 aliphatic carbocycles. The molecule has 3 unspecified atom stereocenters. The summed E-state index contributed by atoms with van der Waals surface area (Å²) in [7, 11) is 0. The highest BCUT2D eigenvalue weighted by Gasteiger charge is 2.24. The molecule has 3 atom stereocenters. The van der Waals surface area contributed by atoms with Crippen LogP contribution in [0.3, 0.4) is 0 Å². The highest BCUT2D eigenvalue weighted by Crippen LogP contribution is 2.18. The number of hydrogen-bond acceptors (Lipinski definition) is 5. The maximum Gasteiger partial charge on any atom is 0.306 e. The lowest BCUT2D eigenvalue weighted by Gasteiger charge is -2.24. The standard InChI is InChI=1S/C56H101NO5/c1-4-7-10-13-16-19-22-24-26-27-29-31-34-37-40-43-46-49-56(61)62-52(47-44-41-38-35-33-30-28-25-23-20-17-14-11-8-5-2)50-55(60)57-53(51-58)54(59)48-45-42-39-36-32-21-18-15-12-9-6-3/h7,10,16,19,24,26,29,31,37,40,52-54,58-59H,4-6,8-9,11-15,17-18,20-23,25,27-28,30,32-36,38-39,41-51H2,1-3H3,(H,57,60)/b10-7-,19-16-,26-24-,31-29-,40-37-. The number of rotatable bonds is 47. The summed E-state index contributed by atoms with van der Waals surface area (Å²) in [5.41, 5.74) is 0. The van der Waals surface area contributed by atoms with Crippen molar-refractivity contribution >= 4 is 11.9 Å². The van der Waals surface area contributed by atoms with Gasteiger partial charge < -0.3 is 20.3 Å². The Morgan fingerprint density at radius 2 is 0.855 bits per heavy atom. The average molecular weight is 868 g/mol. The second kappa shape index (κ2) is 49.6. The first-order valence-electron chi connectivity index (χ1n) is 26.5. The normalized spacial score (nSPS) is 13.7. The molecule has 0 aliphatic rings. The van der Waals surface area contributed by atoms with Crippen LogP contribution in [0, 0.1) is 0 Å². The van der Waals surface area contributed by atoms with Crippen LogP contribution >= 0.6 is 0 Å². The van der Waals surface area contributed by atoms with E-state index in [2.05, 4.69) is 86.8 Å². The quantitative estimate of drug-likeness (QED) is 0.0322. The number of amides is 1. The average Bonchev–Trinajstić information content (AvgIpc) is 3.26. The van der Waals surface area contributed by atoms with E-state index >= 15 is 0 Å². The fourth-order valence-corrected chi connectivity index (χ4v) is 7.88. The van der Waals surface area contributed by atoms with E-state index in [1.54, 1.807) is 0 Å². The molecule has 0 aromatic carbocycles. The van der Waals surface area contributed by atoms with Crippen molar-refractivity contribution in [3.05, 3.63) is 60.8 Å². The largest absolute Gasteiger partial charge is 0.462 e. The molecule has 1 amide bonds. The Balaban J connectivity index is 4.66. The van der Waals surface area contributed by atoms with E-state index in [0.29, 0.717) is 25.7 Å². The summed E-state index contributed by atoms with van der Waals surface area (Å²) >= 11 is 0. The molecule has 0 radical (unpaired) electrons. The maximum absolute atomic E-state index is 13.2. The first-order chi connectivity index (χ1) is 30.5. The Morgan fingerprint density at radius 1 is 0.484 bits per heavy atom. The third-order valence-electron chi connectivity index (χ3n) is 11.9. The van der Waals surface area contributed by atoms with Gasteiger partial charge in [-0.3, -0.25) is 9.59 Å². The second-order valence-corrected chi connectivity index (χ2v) is 17.9. The van der Waals surface area contributed by atoms with Crippen molar-refractivity contribution in [1.29, 1.82) is 0 Å². The number of hydrogen-bond donors (Lipinski definition) is 3. The van der Waals surface area contributed by atoms with E-state index in [0.717, 1.165) is 77.0 Å². The van der Waals surface area contributed by atoms with Crippen LogP contribution in [-0.4, -0.2) is 46.9 Å². The lowest BCUT2D eigenvalue weighted by atomic mass is 10.0. The highest BCUT2D eigenvalue weighted by molar-refractivity contribution is 5.77. The minimum absolute atomic E-state index is 0.0563. The van der Waals surface area contributed by atoms with E-state index in [4.69, 9.17) is 4.74 Å². The molecular weight excluding hydrogens is 767 g/mol. The number of nitrogens with one attached hydrogen (secondary N) is 1. The summed E-state index contributed by atoms with van der Waals surface area (Å²) in [4.78, 5) is 26.1. The molecule has 0 bridgehead atoms. The number of unbranched alkanes of at least 4 members (excludes halogenated alkanes) is 25.